The molecule has 0 saturated carbocycles. The summed E-state index contributed by atoms with van der Waals surface area (Å²) in [6.45, 7) is 0.389. The monoisotopic (exact) mass is 435 g/mol. The minimum absolute atomic E-state index is 0.235. The number of halogens is 1. The van der Waals surface area contributed by atoms with Crippen LogP contribution in [0.3, 0.4) is 0 Å². The second-order valence-electron chi connectivity index (χ2n) is 7.13. The molecule has 7 heteroatoms. The normalized spacial score (nSPS) is 13.8. The van der Waals surface area contributed by atoms with Crippen molar-refractivity contribution in [2.45, 2.75) is 6.04 Å². The van der Waals surface area contributed by atoms with E-state index in [1.165, 1.54) is 6.08 Å². The highest BCUT2D eigenvalue weighted by molar-refractivity contribution is 6.30. The van der Waals surface area contributed by atoms with Gasteiger partial charge >= 0.3 is 0 Å². The Morgan fingerprint density at radius 2 is 2.10 bits per heavy atom. The molecule has 1 N–H and O–H groups in total. The fourth-order valence-electron chi connectivity index (χ4n) is 3.38. The molecule has 3 aromatic rings. The summed E-state index contributed by atoms with van der Waals surface area (Å²) in [5.41, 5.74) is 2.67. The first-order valence-electron chi connectivity index (χ1n) is 9.76. The van der Waals surface area contributed by atoms with Gasteiger partial charge in [-0.1, -0.05) is 29.8 Å². The molecule has 31 heavy (non-hydrogen) atoms. The van der Waals surface area contributed by atoms with E-state index in [-0.39, 0.29) is 5.91 Å². The number of amides is 1. The Morgan fingerprint density at radius 3 is 2.81 bits per heavy atom. The van der Waals surface area contributed by atoms with Crippen LogP contribution in [0.2, 0.25) is 5.02 Å². The maximum Gasteiger partial charge on any atom is 0.244 e. The topological polar surface area (TPSA) is 65.4 Å². The van der Waals surface area contributed by atoms with Gasteiger partial charge in [0.15, 0.2) is 0 Å². The number of hydrogen-bond acceptors (Lipinski definition) is 4. The van der Waals surface area contributed by atoms with Gasteiger partial charge in [-0.3, -0.25) is 4.79 Å². The first kappa shape index (κ1) is 20.8. The predicted octanol–water partition coefficient (Wildman–Crippen LogP) is 4.32. The van der Waals surface area contributed by atoms with Gasteiger partial charge in [0.25, 0.3) is 0 Å². The maximum absolute atomic E-state index is 12.7. The summed E-state index contributed by atoms with van der Waals surface area (Å²) in [5.74, 6) is 2.02. The first-order valence-corrected chi connectivity index (χ1v) is 10.1. The van der Waals surface area contributed by atoms with Crippen molar-refractivity contribution in [3.05, 3.63) is 94.6 Å². The second-order valence-corrected chi connectivity index (χ2v) is 7.57. The number of nitrogens with one attached hydrogen (secondary N) is 1. The molecule has 1 aliphatic heterocycles. The fraction of sp³-hybridized carbons (Fsp3) is 0.167. The van der Waals surface area contributed by atoms with Gasteiger partial charge in [0.1, 0.15) is 30.0 Å². The number of carbonyl (C=O) groups is 1. The van der Waals surface area contributed by atoms with Gasteiger partial charge in [0, 0.05) is 36.1 Å². The summed E-state index contributed by atoms with van der Waals surface area (Å²) in [7, 11) is 3.52. The minimum atomic E-state index is -0.404. The number of aryl methyl sites for hydroxylation is 1. The summed E-state index contributed by atoms with van der Waals surface area (Å²) in [4.78, 5) is 17.2. The molecule has 1 unspecified atom stereocenters. The predicted molar refractivity (Wildman–Crippen MR) is 120 cm³/mol. The smallest absolute Gasteiger partial charge is 0.244 e. The summed E-state index contributed by atoms with van der Waals surface area (Å²) < 4.78 is 12.9. The van der Waals surface area contributed by atoms with Gasteiger partial charge in [-0.05, 0) is 47.5 Å². The van der Waals surface area contributed by atoms with E-state index in [0.717, 1.165) is 34.0 Å². The first-order chi connectivity index (χ1) is 15.0. The number of hydrogen-bond donors (Lipinski definition) is 1. The molecular formula is C24H22ClN3O3. The molecule has 0 bridgehead atoms. The number of imidazole rings is 1. The molecule has 2 aromatic carbocycles. The Bertz CT molecular complexity index is 1150. The Kier molecular flexibility index (Phi) is 6.09. The fourth-order valence-corrected chi connectivity index (χ4v) is 3.56. The van der Waals surface area contributed by atoms with E-state index >= 15 is 0 Å². The van der Waals surface area contributed by atoms with E-state index in [2.05, 4.69) is 10.3 Å². The summed E-state index contributed by atoms with van der Waals surface area (Å²) in [6, 6.07) is 12.6. The minimum Gasteiger partial charge on any atom is -0.497 e. The lowest BCUT2D eigenvalue weighted by molar-refractivity contribution is -0.117. The number of nitrogens with zero attached hydrogens (tertiary/aromatic N) is 2. The molecule has 0 radical (unpaired) electrons. The average molecular weight is 436 g/mol. The Balaban J connectivity index is 1.53. The van der Waals surface area contributed by atoms with Crippen LogP contribution in [0.15, 0.2) is 72.6 Å². The third-order valence-electron chi connectivity index (χ3n) is 5.01. The molecule has 1 aromatic heterocycles. The SMILES string of the molecule is COc1ccc(C(NC(=O)/C=C/C2=Cc3cc(Cl)ccc3OC2)c2nccn2C)cc1. The standard InChI is InChI=1S/C24H22ClN3O3/c1-28-12-11-26-24(28)23(17-4-7-20(30-2)8-5-17)27-22(29)10-3-16-13-18-14-19(25)6-9-21(18)31-15-16/h3-14,23H,15H2,1-2H3,(H,27,29)/b10-3+. The van der Waals surface area contributed by atoms with Crippen molar-refractivity contribution in [1.29, 1.82) is 0 Å². The van der Waals surface area contributed by atoms with E-state index < -0.39 is 6.04 Å². The Hall–Kier alpha value is -3.51. The van der Waals surface area contributed by atoms with Crippen molar-refractivity contribution in [1.82, 2.24) is 14.9 Å². The van der Waals surface area contributed by atoms with Crippen molar-refractivity contribution in [2.24, 2.45) is 7.05 Å². The Morgan fingerprint density at radius 1 is 1.29 bits per heavy atom. The molecule has 0 aliphatic carbocycles. The van der Waals surface area contributed by atoms with Gasteiger partial charge in [-0.25, -0.2) is 4.98 Å². The summed E-state index contributed by atoms with van der Waals surface area (Å²) in [6.07, 6.45) is 8.78. The highest BCUT2D eigenvalue weighted by atomic mass is 35.5. The summed E-state index contributed by atoms with van der Waals surface area (Å²) in [5, 5.41) is 3.68. The molecule has 158 valence electrons. The lowest BCUT2D eigenvalue weighted by Gasteiger charge is -2.19. The molecule has 0 saturated heterocycles. The highest BCUT2D eigenvalue weighted by Crippen LogP contribution is 2.29. The van der Waals surface area contributed by atoms with E-state index in [0.29, 0.717) is 11.6 Å². The van der Waals surface area contributed by atoms with Crippen LogP contribution in [0.5, 0.6) is 11.5 Å². The Labute approximate surface area is 185 Å². The van der Waals surface area contributed by atoms with Crippen LogP contribution >= 0.6 is 11.6 Å². The van der Waals surface area contributed by atoms with Crippen molar-refractivity contribution in [3.8, 4) is 11.5 Å². The summed E-state index contributed by atoms with van der Waals surface area (Å²) >= 11 is 6.07. The lowest BCUT2D eigenvalue weighted by Crippen LogP contribution is -2.29. The van der Waals surface area contributed by atoms with Crippen LogP contribution in [0, 0.1) is 0 Å². The lowest BCUT2D eigenvalue weighted by atomic mass is 10.1. The number of ether oxygens (including phenoxy) is 2. The van der Waals surface area contributed by atoms with Crippen molar-refractivity contribution in [3.63, 3.8) is 0 Å². The van der Waals surface area contributed by atoms with Gasteiger partial charge in [0.2, 0.25) is 5.91 Å². The van der Waals surface area contributed by atoms with Crippen LogP contribution in [0.4, 0.5) is 0 Å². The van der Waals surface area contributed by atoms with Crippen molar-refractivity contribution in [2.75, 3.05) is 13.7 Å². The molecule has 4 rings (SSSR count). The van der Waals surface area contributed by atoms with E-state index in [1.807, 2.05) is 60.3 Å². The zero-order chi connectivity index (χ0) is 21.8. The molecule has 0 spiro atoms. The molecule has 2 heterocycles. The third-order valence-corrected chi connectivity index (χ3v) is 5.24. The van der Waals surface area contributed by atoms with Gasteiger partial charge < -0.3 is 19.4 Å². The second kappa shape index (κ2) is 9.10. The van der Waals surface area contributed by atoms with Crippen LogP contribution in [0.1, 0.15) is 23.0 Å². The highest BCUT2D eigenvalue weighted by Gasteiger charge is 2.20. The van der Waals surface area contributed by atoms with Crippen molar-refractivity contribution >= 4 is 23.6 Å². The van der Waals surface area contributed by atoms with Crippen LogP contribution in [-0.4, -0.2) is 29.2 Å². The number of carbonyl (C=O) groups excluding carboxylic acids is 1. The van der Waals surface area contributed by atoms with Crippen LogP contribution < -0.4 is 14.8 Å². The molecule has 1 atom stereocenters. The molecular weight excluding hydrogens is 414 g/mol. The number of aromatic nitrogens is 2. The maximum atomic E-state index is 12.7. The molecule has 6 nitrogen and oxygen atoms in total. The van der Waals surface area contributed by atoms with Gasteiger partial charge in [-0.2, -0.15) is 0 Å². The quantitative estimate of drug-likeness (QED) is 0.585. The van der Waals surface area contributed by atoms with E-state index in [4.69, 9.17) is 21.1 Å². The van der Waals surface area contributed by atoms with E-state index in [1.54, 1.807) is 25.4 Å². The van der Waals surface area contributed by atoms with Crippen LogP contribution in [-0.2, 0) is 11.8 Å². The number of rotatable bonds is 6. The van der Waals surface area contributed by atoms with Gasteiger partial charge in [0.05, 0.1) is 7.11 Å². The molecule has 0 fully saturated rings. The number of fused-ring (bicyclic) bond motifs is 1. The van der Waals surface area contributed by atoms with Gasteiger partial charge in [-0.15, -0.1) is 0 Å². The third kappa shape index (κ3) is 4.81. The largest absolute Gasteiger partial charge is 0.497 e. The van der Waals surface area contributed by atoms with Crippen LogP contribution in [0.25, 0.3) is 6.08 Å². The zero-order valence-corrected chi connectivity index (χ0v) is 18.0. The average Bonchev–Trinajstić information content (AvgIpc) is 3.21. The van der Waals surface area contributed by atoms with Crippen molar-refractivity contribution < 1.29 is 14.3 Å². The zero-order valence-electron chi connectivity index (χ0n) is 17.2. The number of benzene rings is 2. The molecule has 1 amide bonds. The number of methoxy groups -OCH3 is 1. The van der Waals surface area contributed by atoms with E-state index in [9.17, 15) is 4.79 Å². The molecule has 1 aliphatic rings.